The zero-order valence-corrected chi connectivity index (χ0v) is 11.5. The minimum atomic E-state index is 0.255. The Kier molecular flexibility index (Phi) is 2.30. The number of benzene rings is 2. The van der Waals surface area contributed by atoms with Crippen molar-refractivity contribution in [2.45, 2.75) is 27.7 Å². The number of phenols is 2. The zero-order chi connectivity index (χ0) is 13.9. The molecule has 3 nitrogen and oxygen atoms in total. The van der Waals surface area contributed by atoms with Gasteiger partial charge in [-0.2, -0.15) is 0 Å². The number of aromatic hydroxyl groups is 2. The highest BCUT2D eigenvalue weighted by Gasteiger charge is 2.17. The van der Waals surface area contributed by atoms with Crippen LogP contribution in [0.2, 0.25) is 0 Å². The molecule has 0 bridgehead atoms. The molecule has 3 heteroatoms. The second-order valence-electron chi connectivity index (χ2n) is 5.15. The van der Waals surface area contributed by atoms with Gasteiger partial charge in [-0.1, -0.05) is 0 Å². The van der Waals surface area contributed by atoms with Gasteiger partial charge in [0.1, 0.15) is 22.7 Å². The highest BCUT2D eigenvalue weighted by atomic mass is 16.3. The molecule has 1 aromatic heterocycles. The van der Waals surface area contributed by atoms with Crippen LogP contribution in [0, 0.1) is 27.7 Å². The smallest absolute Gasteiger partial charge is 0.138 e. The van der Waals surface area contributed by atoms with Gasteiger partial charge in [0, 0.05) is 10.8 Å². The van der Waals surface area contributed by atoms with Crippen LogP contribution >= 0.6 is 0 Å². The maximum absolute atomic E-state index is 9.96. The molecule has 3 rings (SSSR count). The van der Waals surface area contributed by atoms with Crippen molar-refractivity contribution < 1.29 is 14.6 Å². The molecule has 0 fully saturated rings. The van der Waals surface area contributed by atoms with E-state index in [2.05, 4.69) is 0 Å². The summed E-state index contributed by atoms with van der Waals surface area (Å²) >= 11 is 0. The van der Waals surface area contributed by atoms with Crippen molar-refractivity contribution in [2.75, 3.05) is 0 Å². The number of fused-ring (bicyclic) bond motifs is 3. The summed E-state index contributed by atoms with van der Waals surface area (Å²) in [6, 6.07) is 3.41. The Balaban J connectivity index is 2.61. The van der Waals surface area contributed by atoms with Crippen LogP contribution in [-0.2, 0) is 0 Å². The zero-order valence-electron chi connectivity index (χ0n) is 11.5. The quantitative estimate of drug-likeness (QED) is 0.632. The van der Waals surface area contributed by atoms with E-state index in [9.17, 15) is 10.2 Å². The molecule has 0 amide bonds. The minimum absolute atomic E-state index is 0.255. The second kappa shape index (κ2) is 3.67. The van der Waals surface area contributed by atoms with Gasteiger partial charge in [0.15, 0.2) is 0 Å². The molecule has 0 unspecified atom stereocenters. The molecule has 0 spiro atoms. The Hall–Kier alpha value is -2.16. The summed E-state index contributed by atoms with van der Waals surface area (Å²) in [4.78, 5) is 0. The van der Waals surface area contributed by atoms with E-state index >= 15 is 0 Å². The minimum Gasteiger partial charge on any atom is -0.508 e. The van der Waals surface area contributed by atoms with E-state index in [4.69, 9.17) is 4.42 Å². The third-order valence-corrected chi connectivity index (χ3v) is 4.12. The molecule has 3 aromatic rings. The van der Waals surface area contributed by atoms with Crippen LogP contribution in [0.1, 0.15) is 22.3 Å². The highest BCUT2D eigenvalue weighted by Crippen LogP contribution is 2.40. The number of hydrogen-bond donors (Lipinski definition) is 2. The first kappa shape index (κ1) is 11.9. The maximum atomic E-state index is 9.96. The van der Waals surface area contributed by atoms with Gasteiger partial charge < -0.3 is 14.6 Å². The molecule has 0 aliphatic rings. The van der Waals surface area contributed by atoms with Crippen molar-refractivity contribution in [1.82, 2.24) is 0 Å². The van der Waals surface area contributed by atoms with Crippen LogP contribution in [0.4, 0.5) is 0 Å². The van der Waals surface area contributed by atoms with Gasteiger partial charge in [-0.25, -0.2) is 0 Å². The van der Waals surface area contributed by atoms with Gasteiger partial charge in [-0.05, 0) is 62.1 Å². The van der Waals surface area contributed by atoms with Crippen LogP contribution in [0.5, 0.6) is 11.5 Å². The topological polar surface area (TPSA) is 53.6 Å². The number of aryl methyl sites for hydroxylation is 2. The van der Waals surface area contributed by atoms with Gasteiger partial charge in [0.2, 0.25) is 0 Å². The van der Waals surface area contributed by atoms with Crippen LogP contribution < -0.4 is 0 Å². The van der Waals surface area contributed by atoms with Crippen molar-refractivity contribution in [3.05, 3.63) is 34.4 Å². The Morgan fingerprint density at radius 3 is 1.42 bits per heavy atom. The Bertz CT molecular complexity index is 757. The Morgan fingerprint density at radius 1 is 0.684 bits per heavy atom. The Morgan fingerprint density at radius 2 is 1.05 bits per heavy atom. The summed E-state index contributed by atoms with van der Waals surface area (Å²) in [7, 11) is 0. The fourth-order valence-corrected chi connectivity index (χ4v) is 2.52. The lowest BCUT2D eigenvalue weighted by molar-refractivity contribution is 0.470. The molecule has 0 saturated carbocycles. The standard InChI is InChI=1S/C16H16O3/c1-7-9(3)15-11(5-13(7)17)12-6-14(18)8(2)10(4)16(12)19-15/h5-6,17-18H,1-4H3. The van der Waals surface area contributed by atoms with Gasteiger partial charge >= 0.3 is 0 Å². The fourth-order valence-electron chi connectivity index (χ4n) is 2.52. The largest absolute Gasteiger partial charge is 0.508 e. The molecule has 0 aliphatic carbocycles. The van der Waals surface area contributed by atoms with Crippen molar-refractivity contribution in [2.24, 2.45) is 0 Å². The second-order valence-corrected chi connectivity index (χ2v) is 5.15. The summed E-state index contributed by atoms with van der Waals surface area (Å²) in [6.07, 6.45) is 0. The molecule has 2 N–H and O–H groups in total. The van der Waals surface area contributed by atoms with Gasteiger partial charge in [0.25, 0.3) is 0 Å². The fraction of sp³-hybridized carbons (Fsp3) is 0.250. The van der Waals surface area contributed by atoms with E-state index in [1.54, 1.807) is 12.1 Å². The number of rotatable bonds is 0. The molecule has 1 heterocycles. The molecule has 19 heavy (non-hydrogen) atoms. The van der Waals surface area contributed by atoms with Gasteiger partial charge in [-0.15, -0.1) is 0 Å². The lowest BCUT2D eigenvalue weighted by Crippen LogP contribution is -1.83. The van der Waals surface area contributed by atoms with Crippen LogP contribution in [0.3, 0.4) is 0 Å². The van der Waals surface area contributed by atoms with Crippen molar-refractivity contribution in [3.63, 3.8) is 0 Å². The monoisotopic (exact) mass is 256 g/mol. The van der Waals surface area contributed by atoms with E-state index in [1.807, 2.05) is 27.7 Å². The molecular weight excluding hydrogens is 240 g/mol. The van der Waals surface area contributed by atoms with E-state index in [-0.39, 0.29) is 11.5 Å². The summed E-state index contributed by atoms with van der Waals surface area (Å²) in [5.74, 6) is 0.510. The van der Waals surface area contributed by atoms with Crippen LogP contribution in [0.25, 0.3) is 21.9 Å². The number of phenolic OH excluding ortho intramolecular Hbond substituents is 2. The molecular formula is C16H16O3. The third kappa shape index (κ3) is 1.44. The molecule has 0 radical (unpaired) electrons. The number of hydrogen-bond acceptors (Lipinski definition) is 3. The van der Waals surface area contributed by atoms with Crippen molar-refractivity contribution in [3.8, 4) is 11.5 Å². The predicted molar refractivity (Wildman–Crippen MR) is 76.0 cm³/mol. The average molecular weight is 256 g/mol. The normalized spacial score (nSPS) is 11.6. The highest BCUT2D eigenvalue weighted by molar-refractivity contribution is 6.08. The lowest BCUT2D eigenvalue weighted by Gasteiger charge is -2.03. The molecule has 2 aromatic carbocycles. The summed E-state index contributed by atoms with van der Waals surface area (Å²) in [6.45, 7) is 7.60. The van der Waals surface area contributed by atoms with Crippen LogP contribution in [-0.4, -0.2) is 10.2 Å². The van der Waals surface area contributed by atoms with E-state index < -0.39 is 0 Å². The summed E-state index contributed by atoms with van der Waals surface area (Å²) in [5, 5.41) is 21.6. The first-order valence-corrected chi connectivity index (χ1v) is 6.26. The van der Waals surface area contributed by atoms with E-state index in [0.717, 1.165) is 44.2 Å². The first-order valence-electron chi connectivity index (χ1n) is 6.26. The van der Waals surface area contributed by atoms with E-state index in [1.165, 1.54) is 0 Å². The number of furan rings is 1. The molecule has 0 aliphatic heterocycles. The summed E-state index contributed by atoms with van der Waals surface area (Å²) < 4.78 is 5.96. The molecule has 0 atom stereocenters. The van der Waals surface area contributed by atoms with Crippen molar-refractivity contribution in [1.29, 1.82) is 0 Å². The van der Waals surface area contributed by atoms with Crippen LogP contribution in [0.15, 0.2) is 16.5 Å². The maximum Gasteiger partial charge on any atom is 0.138 e. The van der Waals surface area contributed by atoms with Gasteiger partial charge in [0.05, 0.1) is 0 Å². The van der Waals surface area contributed by atoms with Gasteiger partial charge in [-0.3, -0.25) is 0 Å². The summed E-state index contributed by atoms with van der Waals surface area (Å²) in [5.41, 5.74) is 5.07. The molecule has 98 valence electrons. The van der Waals surface area contributed by atoms with Crippen molar-refractivity contribution >= 4 is 21.9 Å². The Labute approximate surface area is 111 Å². The first-order chi connectivity index (χ1) is 8.91. The van der Waals surface area contributed by atoms with E-state index in [0.29, 0.717) is 0 Å². The lowest BCUT2D eigenvalue weighted by atomic mass is 10.0. The SMILES string of the molecule is Cc1c(O)cc2c(oc3c(C)c(C)c(O)cc32)c1C. The average Bonchev–Trinajstić information content (AvgIpc) is 2.73. The predicted octanol–water partition coefficient (Wildman–Crippen LogP) is 4.23. The molecule has 0 saturated heterocycles. The third-order valence-electron chi connectivity index (χ3n) is 4.12.